The van der Waals surface area contributed by atoms with Crippen molar-refractivity contribution in [1.82, 2.24) is 0 Å². The fourth-order valence-electron chi connectivity index (χ4n) is 5.94. The Labute approximate surface area is 270 Å². The van der Waals surface area contributed by atoms with Gasteiger partial charge < -0.3 is 9.16 Å². The molecule has 0 unspecified atom stereocenters. The Kier molecular flexibility index (Phi) is 10.6. The number of ether oxygens (including phenoxy) is 1. The highest BCUT2D eigenvalue weighted by atomic mass is 31.1. The molecule has 0 saturated carbocycles. The molecule has 0 radical (unpaired) electrons. The second-order valence-electron chi connectivity index (χ2n) is 12.0. The second-order valence-corrected chi connectivity index (χ2v) is 18.5. The van der Waals surface area contributed by atoms with E-state index in [0.29, 0.717) is 5.56 Å². The van der Waals surface area contributed by atoms with Gasteiger partial charge in [0.25, 0.3) is 8.32 Å². The predicted molar refractivity (Wildman–Crippen MR) is 193 cm³/mol. The van der Waals surface area contributed by atoms with Crippen LogP contribution in [0.5, 0.6) is 0 Å². The molecule has 3 nitrogen and oxygen atoms in total. The normalized spacial score (nSPS) is 12.7. The molecule has 0 fully saturated rings. The molecule has 0 heterocycles. The number of rotatable bonds is 11. The van der Waals surface area contributed by atoms with Crippen molar-refractivity contribution in [1.29, 1.82) is 0 Å². The maximum Gasteiger partial charge on any atom is 0.339 e. The summed E-state index contributed by atoms with van der Waals surface area (Å²) in [5.74, 6) is -0.348. The third-order valence-electron chi connectivity index (χ3n) is 7.94. The number of hydrogen-bond acceptors (Lipinski definition) is 3. The van der Waals surface area contributed by atoms with Crippen LogP contribution in [0.15, 0.2) is 158 Å². The van der Waals surface area contributed by atoms with Gasteiger partial charge in [-0.25, -0.2) is 4.79 Å². The van der Waals surface area contributed by atoms with Gasteiger partial charge in [0.1, 0.15) is 6.10 Å². The fourth-order valence-corrected chi connectivity index (χ4v) is 12.9. The smallest absolute Gasteiger partial charge is 0.339 e. The molecule has 0 spiro atoms. The molecule has 1 atom stereocenters. The van der Waals surface area contributed by atoms with Crippen LogP contribution >= 0.6 is 7.92 Å². The van der Waals surface area contributed by atoms with Gasteiger partial charge in [0, 0.05) is 0 Å². The number of benzene rings is 5. The Balaban J connectivity index is 1.49. The largest absolute Gasteiger partial charge is 0.452 e. The molecule has 0 amide bonds. The average molecular weight is 629 g/mol. The highest BCUT2D eigenvalue weighted by molar-refractivity contribution is 7.80. The lowest BCUT2D eigenvalue weighted by atomic mass is 10.2. The highest BCUT2D eigenvalue weighted by Crippen LogP contribution is 2.37. The number of allylic oxidation sites excluding steroid dienone is 1. The van der Waals surface area contributed by atoms with E-state index in [9.17, 15) is 4.79 Å². The quantitative estimate of drug-likeness (QED) is 0.0676. The Morgan fingerprint density at radius 1 is 0.689 bits per heavy atom. The molecule has 0 bridgehead atoms. The molecule has 5 aromatic rings. The molecule has 0 N–H and O–H groups in total. The van der Waals surface area contributed by atoms with E-state index in [1.54, 1.807) is 0 Å². The molecule has 0 aliphatic carbocycles. The van der Waals surface area contributed by atoms with Crippen LogP contribution in [0.4, 0.5) is 0 Å². The number of esters is 1. The summed E-state index contributed by atoms with van der Waals surface area (Å²) in [5, 5.41) is 5.53. The van der Waals surface area contributed by atoms with Crippen molar-refractivity contribution in [3.05, 3.63) is 163 Å². The lowest BCUT2D eigenvalue weighted by Gasteiger charge is -2.43. The first-order valence-electron chi connectivity index (χ1n) is 15.4. The maximum atomic E-state index is 14.1. The molecule has 5 rings (SSSR count). The zero-order valence-electron chi connectivity index (χ0n) is 26.5. The molecular weight excluding hydrogens is 587 g/mol. The first kappa shape index (κ1) is 32.3. The van der Waals surface area contributed by atoms with E-state index < -0.39 is 22.3 Å². The summed E-state index contributed by atoms with van der Waals surface area (Å²) in [4.78, 5) is 14.1. The monoisotopic (exact) mass is 628 g/mol. The van der Waals surface area contributed by atoms with Crippen molar-refractivity contribution < 1.29 is 14.0 Å². The molecule has 228 valence electrons. The van der Waals surface area contributed by atoms with Crippen molar-refractivity contribution in [2.45, 2.75) is 38.8 Å². The van der Waals surface area contributed by atoms with Crippen LogP contribution in [-0.4, -0.2) is 27.0 Å². The van der Waals surface area contributed by atoms with Crippen molar-refractivity contribution >= 4 is 48.5 Å². The standard InChI is InChI=1S/C40H41O3PSi/c1-5-20-32(31-42-45(40(2,3)4,35-25-14-8-15-26-35)36-27-16-9-17-28-36)43-39(41)37-29-18-19-30-38(37)44(33-21-10-6-11-22-33)34-23-12-7-13-24-34/h5-30,32H,31H2,1-4H3/b20-5+/t32-/m1/s1. The van der Waals surface area contributed by atoms with Crippen LogP contribution in [-0.2, 0) is 9.16 Å². The summed E-state index contributed by atoms with van der Waals surface area (Å²) < 4.78 is 13.4. The number of hydrogen-bond donors (Lipinski definition) is 0. The summed E-state index contributed by atoms with van der Waals surface area (Å²) in [5.41, 5.74) is 0.580. The molecule has 45 heavy (non-hydrogen) atoms. The summed E-state index contributed by atoms with van der Waals surface area (Å²) in [7, 11) is -3.79. The Morgan fingerprint density at radius 3 is 1.60 bits per heavy atom. The topological polar surface area (TPSA) is 35.5 Å². The van der Waals surface area contributed by atoms with E-state index in [-0.39, 0.29) is 17.6 Å². The Morgan fingerprint density at radius 2 is 1.13 bits per heavy atom. The van der Waals surface area contributed by atoms with Crippen molar-refractivity contribution in [2.75, 3.05) is 6.61 Å². The maximum absolute atomic E-state index is 14.1. The van der Waals surface area contributed by atoms with Gasteiger partial charge in [-0.2, -0.15) is 0 Å². The fraction of sp³-hybridized carbons (Fsp3) is 0.175. The van der Waals surface area contributed by atoms with Crippen LogP contribution in [0.3, 0.4) is 0 Å². The predicted octanol–water partition coefficient (Wildman–Crippen LogP) is 7.12. The van der Waals surface area contributed by atoms with Crippen molar-refractivity contribution in [2.24, 2.45) is 0 Å². The van der Waals surface area contributed by atoms with E-state index in [1.807, 2.05) is 61.5 Å². The average Bonchev–Trinajstić information content (AvgIpc) is 3.07. The first-order chi connectivity index (χ1) is 21.8. The van der Waals surface area contributed by atoms with Gasteiger partial charge in [-0.15, -0.1) is 0 Å². The summed E-state index contributed by atoms with van der Waals surface area (Å²) in [6, 6.07) is 49.8. The number of carbonyl (C=O) groups excluding carboxylic acids is 1. The minimum absolute atomic E-state index is 0.187. The lowest BCUT2D eigenvalue weighted by molar-refractivity contribution is 0.0290. The third kappa shape index (κ3) is 7.26. The molecule has 5 aromatic carbocycles. The van der Waals surface area contributed by atoms with Gasteiger partial charge in [-0.3, -0.25) is 0 Å². The molecule has 0 aliphatic heterocycles. The van der Waals surface area contributed by atoms with Gasteiger partial charge in [-0.1, -0.05) is 166 Å². The van der Waals surface area contributed by atoms with Gasteiger partial charge in [-0.05, 0) is 58.3 Å². The van der Waals surface area contributed by atoms with Crippen molar-refractivity contribution in [3.63, 3.8) is 0 Å². The lowest BCUT2D eigenvalue weighted by Crippen LogP contribution is -2.67. The molecule has 0 aromatic heterocycles. The minimum Gasteiger partial charge on any atom is -0.452 e. The van der Waals surface area contributed by atoms with E-state index in [2.05, 4.69) is 124 Å². The van der Waals surface area contributed by atoms with E-state index >= 15 is 0 Å². The Hall–Kier alpha value is -4.08. The van der Waals surface area contributed by atoms with Crippen LogP contribution in [0.25, 0.3) is 0 Å². The van der Waals surface area contributed by atoms with Crippen LogP contribution in [0, 0.1) is 0 Å². The Bertz CT molecular complexity index is 1610. The number of carbonyl (C=O) groups is 1. The summed E-state index contributed by atoms with van der Waals surface area (Å²) >= 11 is 0. The zero-order chi connectivity index (χ0) is 31.7. The van der Waals surface area contributed by atoms with E-state index in [4.69, 9.17) is 9.16 Å². The van der Waals surface area contributed by atoms with E-state index in [0.717, 1.165) is 5.30 Å². The van der Waals surface area contributed by atoms with Crippen LogP contribution < -0.4 is 26.3 Å². The first-order valence-corrected chi connectivity index (χ1v) is 18.7. The van der Waals surface area contributed by atoms with Gasteiger partial charge in [0.05, 0.1) is 12.2 Å². The molecule has 5 heteroatoms. The second kappa shape index (κ2) is 14.8. The van der Waals surface area contributed by atoms with Crippen molar-refractivity contribution in [3.8, 4) is 0 Å². The zero-order valence-corrected chi connectivity index (χ0v) is 28.4. The van der Waals surface area contributed by atoms with Gasteiger partial charge in [0.2, 0.25) is 0 Å². The molecular formula is C40H41O3PSi. The molecule has 0 saturated heterocycles. The van der Waals surface area contributed by atoms with Gasteiger partial charge in [0.15, 0.2) is 0 Å². The SMILES string of the molecule is C/C=C/[C@H](CO[Si](c1ccccc1)(c1ccccc1)C(C)(C)C)OC(=O)c1ccccc1P(c1ccccc1)c1ccccc1. The highest BCUT2D eigenvalue weighted by Gasteiger charge is 2.50. The summed E-state index contributed by atoms with van der Waals surface area (Å²) in [6.45, 7) is 8.95. The summed E-state index contributed by atoms with van der Waals surface area (Å²) in [6.07, 6.45) is 3.30. The van der Waals surface area contributed by atoms with Gasteiger partial charge >= 0.3 is 5.97 Å². The van der Waals surface area contributed by atoms with Crippen LogP contribution in [0.1, 0.15) is 38.1 Å². The third-order valence-corrected chi connectivity index (χ3v) is 15.4. The van der Waals surface area contributed by atoms with E-state index in [1.165, 1.54) is 21.0 Å². The molecule has 0 aliphatic rings. The minimum atomic E-state index is -2.81. The van der Waals surface area contributed by atoms with Crippen LogP contribution in [0.2, 0.25) is 5.04 Å².